The Morgan fingerprint density at radius 2 is 2.14 bits per heavy atom. The number of rotatable bonds is 3. The van der Waals surface area contributed by atoms with E-state index >= 15 is 0 Å². The van der Waals surface area contributed by atoms with Crippen LogP contribution >= 0.6 is 11.3 Å². The molecule has 6 heteroatoms. The molecule has 1 aliphatic rings. The van der Waals surface area contributed by atoms with Gasteiger partial charge in [0.2, 0.25) is 0 Å². The molecular formula is C15H18N4OS. The number of nitrogens with one attached hydrogen (secondary N) is 1. The van der Waals surface area contributed by atoms with Gasteiger partial charge in [-0.25, -0.2) is 4.98 Å². The molecule has 3 rings (SSSR count). The summed E-state index contributed by atoms with van der Waals surface area (Å²) in [5, 5.41) is 4.11. The number of amides is 1. The molecule has 0 radical (unpaired) electrons. The Morgan fingerprint density at radius 3 is 2.86 bits per heavy atom. The molecule has 1 saturated heterocycles. The highest BCUT2D eigenvalue weighted by Crippen LogP contribution is 2.25. The van der Waals surface area contributed by atoms with Crippen molar-refractivity contribution in [1.29, 1.82) is 0 Å². The molecule has 2 aromatic rings. The third kappa shape index (κ3) is 3.11. The quantitative estimate of drug-likeness (QED) is 0.942. The number of aromatic nitrogens is 2. The SMILES string of the molecule is CN(C(=O)c1cnc(-c2ccccn2)s1)C1CCNCC1. The van der Waals surface area contributed by atoms with E-state index < -0.39 is 0 Å². The molecule has 1 N–H and O–H groups in total. The van der Waals surface area contributed by atoms with E-state index in [0.29, 0.717) is 10.9 Å². The molecule has 21 heavy (non-hydrogen) atoms. The van der Waals surface area contributed by atoms with Gasteiger partial charge in [0, 0.05) is 19.3 Å². The zero-order valence-electron chi connectivity index (χ0n) is 12.0. The van der Waals surface area contributed by atoms with Crippen LogP contribution in [0.4, 0.5) is 0 Å². The van der Waals surface area contributed by atoms with Gasteiger partial charge in [-0.3, -0.25) is 9.78 Å². The third-order valence-corrected chi connectivity index (χ3v) is 4.79. The van der Waals surface area contributed by atoms with Crippen LogP contribution in [0.3, 0.4) is 0 Å². The summed E-state index contributed by atoms with van der Waals surface area (Å²) in [6, 6.07) is 6.02. The summed E-state index contributed by atoms with van der Waals surface area (Å²) in [4.78, 5) is 23.7. The Hall–Kier alpha value is -1.79. The van der Waals surface area contributed by atoms with Crippen LogP contribution in [0, 0.1) is 0 Å². The predicted octanol–water partition coefficient (Wildman–Crippen LogP) is 2.03. The fourth-order valence-electron chi connectivity index (χ4n) is 2.51. The van der Waals surface area contributed by atoms with Crippen LogP contribution < -0.4 is 5.32 Å². The van der Waals surface area contributed by atoms with Crippen molar-refractivity contribution in [2.24, 2.45) is 0 Å². The van der Waals surface area contributed by atoms with E-state index in [0.717, 1.165) is 36.6 Å². The van der Waals surface area contributed by atoms with Crippen molar-refractivity contribution in [2.45, 2.75) is 18.9 Å². The first-order chi connectivity index (χ1) is 10.3. The van der Waals surface area contributed by atoms with E-state index in [-0.39, 0.29) is 5.91 Å². The van der Waals surface area contributed by atoms with Gasteiger partial charge in [0.05, 0.1) is 11.9 Å². The topological polar surface area (TPSA) is 58.1 Å². The van der Waals surface area contributed by atoms with Gasteiger partial charge in [-0.15, -0.1) is 11.3 Å². The van der Waals surface area contributed by atoms with Crippen LogP contribution in [0.2, 0.25) is 0 Å². The number of pyridine rings is 1. The van der Waals surface area contributed by atoms with Gasteiger partial charge in [0.15, 0.2) is 0 Å². The van der Waals surface area contributed by atoms with Crippen molar-refractivity contribution in [3.8, 4) is 10.7 Å². The number of hydrogen-bond donors (Lipinski definition) is 1. The maximum absolute atomic E-state index is 12.5. The fraction of sp³-hybridized carbons (Fsp3) is 0.400. The van der Waals surface area contributed by atoms with Gasteiger partial charge in [-0.05, 0) is 38.1 Å². The van der Waals surface area contributed by atoms with E-state index in [1.807, 2.05) is 30.1 Å². The van der Waals surface area contributed by atoms with Gasteiger partial charge in [-0.1, -0.05) is 6.07 Å². The van der Waals surface area contributed by atoms with Crippen molar-refractivity contribution >= 4 is 17.2 Å². The van der Waals surface area contributed by atoms with Crippen LogP contribution in [0.15, 0.2) is 30.6 Å². The lowest BCUT2D eigenvalue weighted by Crippen LogP contribution is -2.43. The minimum atomic E-state index is 0.0570. The van der Waals surface area contributed by atoms with E-state index in [4.69, 9.17) is 0 Å². The second-order valence-corrected chi connectivity index (χ2v) is 6.17. The number of carbonyl (C=O) groups excluding carboxylic acids is 1. The van der Waals surface area contributed by atoms with Gasteiger partial charge in [0.25, 0.3) is 5.91 Å². The van der Waals surface area contributed by atoms with Crippen molar-refractivity contribution in [2.75, 3.05) is 20.1 Å². The molecule has 0 unspecified atom stereocenters. The van der Waals surface area contributed by atoms with Gasteiger partial charge in [-0.2, -0.15) is 0 Å². The molecule has 5 nitrogen and oxygen atoms in total. The lowest BCUT2D eigenvalue weighted by molar-refractivity contribution is 0.0708. The van der Waals surface area contributed by atoms with E-state index in [2.05, 4.69) is 15.3 Å². The molecule has 3 heterocycles. The van der Waals surface area contributed by atoms with Gasteiger partial charge in [0.1, 0.15) is 9.88 Å². The molecule has 0 saturated carbocycles. The van der Waals surface area contributed by atoms with Gasteiger partial charge < -0.3 is 10.2 Å². The fourth-order valence-corrected chi connectivity index (χ4v) is 3.39. The molecule has 0 aliphatic carbocycles. The number of thiazole rings is 1. The average molecular weight is 302 g/mol. The highest BCUT2D eigenvalue weighted by atomic mass is 32.1. The highest BCUT2D eigenvalue weighted by molar-refractivity contribution is 7.16. The highest BCUT2D eigenvalue weighted by Gasteiger charge is 2.24. The Balaban J connectivity index is 1.74. The normalized spacial score (nSPS) is 15.9. The third-order valence-electron chi connectivity index (χ3n) is 3.78. The standard InChI is InChI=1S/C15H18N4OS/c1-19(11-5-8-16-9-6-11)15(20)13-10-18-14(21-13)12-4-2-3-7-17-12/h2-4,7,10-11,16H,5-6,8-9H2,1H3. The Bertz CT molecular complexity index is 607. The number of piperidine rings is 1. The van der Waals surface area contributed by atoms with Crippen LogP contribution in [-0.4, -0.2) is 47.0 Å². The Labute approximate surface area is 128 Å². The summed E-state index contributed by atoms with van der Waals surface area (Å²) in [6.07, 6.45) is 5.41. The summed E-state index contributed by atoms with van der Waals surface area (Å²) in [6.45, 7) is 1.95. The van der Waals surface area contributed by atoms with Crippen LogP contribution in [0.25, 0.3) is 10.7 Å². The van der Waals surface area contributed by atoms with Crippen LogP contribution in [0.5, 0.6) is 0 Å². The minimum absolute atomic E-state index is 0.0570. The van der Waals surface area contributed by atoms with Gasteiger partial charge >= 0.3 is 0 Å². The first-order valence-corrected chi connectivity index (χ1v) is 7.92. The minimum Gasteiger partial charge on any atom is -0.338 e. The number of nitrogens with zero attached hydrogens (tertiary/aromatic N) is 3. The van der Waals surface area contributed by atoms with Crippen molar-refractivity contribution in [3.05, 3.63) is 35.5 Å². The molecule has 0 spiro atoms. The second-order valence-electron chi connectivity index (χ2n) is 5.14. The lowest BCUT2D eigenvalue weighted by Gasteiger charge is -2.31. The van der Waals surface area contributed by atoms with E-state index in [9.17, 15) is 4.79 Å². The lowest BCUT2D eigenvalue weighted by atomic mass is 10.1. The van der Waals surface area contributed by atoms with Crippen molar-refractivity contribution in [3.63, 3.8) is 0 Å². The van der Waals surface area contributed by atoms with Crippen molar-refractivity contribution < 1.29 is 4.79 Å². The summed E-state index contributed by atoms with van der Waals surface area (Å²) >= 11 is 1.41. The molecule has 1 amide bonds. The van der Waals surface area contributed by atoms with Crippen LogP contribution in [0.1, 0.15) is 22.5 Å². The zero-order chi connectivity index (χ0) is 14.7. The predicted molar refractivity (Wildman–Crippen MR) is 83.3 cm³/mol. The first kappa shape index (κ1) is 14.2. The smallest absolute Gasteiger partial charge is 0.265 e. The Morgan fingerprint density at radius 1 is 1.33 bits per heavy atom. The first-order valence-electron chi connectivity index (χ1n) is 7.11. The van der Waals surface area contributed by atoms with E-state index in [1.165, 1.54) is 11.3 Å². The van der Waals surface area contributed by atoms with Crippen LogP contribution in [-0.2, 0) is 0 Å². The average Bonchev–Trinajstić information content (AvgIpc) is 3.05. The number of hydrogen-bond acceptors (Lipinski definition) is 5. The summed E-state index contributed by atoms with van der Waals surface area (Å²) in [5.41, 5.74) is 0.811. The second kappa shape index (κ2) is 6.32. The molecular weight excluding hydrogens is 284 g/mol. The number of carbonyl (C=O) groups is 1. The summed E-state index contributed by atoms with van der Waals surface area (Å²) in [5.74, 6) is 0.0570. The largest absolute Gasteiger partial charge is 0.338 e. The zero-order valence-corrected chi connectivity index (χ0v) is 12.8. The molecule has 1 aliphatic heterocycles. The maximum Gasteiger partial charge on any atom is 0.265 e. The van der Waals surface area contributed by atoms with Crippen molar-refractivity contribution in [1.82, 2.24) is 20.2 Å². The Kier molecular flexibility index (Phi) is 4.26. The monoisotopic (exact) mass is 302 g/mol. The molecule has 2 aromatic heterocycles. The van der Waals surface area contributed by atoms with E-state index in [1.54, 1.807) is 12.4 Å². The molecule has 0 bridgehead atoms. The maximum atomic E-state index is 12.5. The summed E-state index contributed by atoms with van der Waals surface area (Å²) < 4.78 is 0. The molecule has 0 atom stereocenters. The molecule has 0 aromatic carbocycles. The molecule has 110 valence electrons. The summed E-state index contributed by atoms with van der Waals surface area (Å²) in [7, 11) is 1.89. The molecule has 1 fully saturated rings.